The summed E-state index contributed by atoms with van der Waals surface area (Å²) in [5.41, 5.74) is 0.0297. The van der Waals surface area contributed by atoms with E-state index < -0.39 is 4.92 Å². The van der Waals surface area contributed by atoms with Crippen molar-refractivity contribution in [2.45, 2.75) is 38.6 Å². The van der Waals surface area contributed by atoms with Crippen LogP contribution >= 0.6 is 0 Å². The van der Waals surface area contributed by atoms with E-state index in [1.807, 2.05) is 13.8 Å². The normalized spacial score (nSPS) is 17.3. The van der Waals surface area contributed by atoms with Crippen LogP contribution in [-0.4, -0.2) is 43.2 Å². The molecule has 0 bridgehead atoms. The van der Waals surface area contributed by atoms with Gasteiger partial charge in [-0.2, -0.15) is 5.10 Å². The molecular weight excluding hydrogens is 350 g/mol. The molecule has 1 amide bonds. The average molecular weight is 373 g/mol. The molecule has 1 fully saturated rings. The molecule has 2 heterocycles. The van der Waals surface area contributed by atoms with Gasteiger partial charge in [0.2, 0.25) is 0 Å². The Morgan fingerprint density at radius 2 is 2.11 bits per heavy atom. The van der Waals surface area contributed by atoms with Crippen LogP contribution in [0.4, 0.5) is 5.69 Å². The molecule has 1 aliphatic heterocycles. The molecule has 0 N–H and O–H groups in total. The van der Waals surface area contributed by atoms with Gasteiger partial charge in [0.25, 0.3) is 11.6 Å². The van der Waals surface area contributed by atoms with E-state index in [0.717, 1.165) is 12.8 Å². The number of carbonyl (C=O) groups is 1. The Bertz CT molecular complexity index is 930. The first-order chi connectivity index (χ1) is 12.8. The number of nitrogens with zero attached hydrogens (tertiary/aromatic N) is 5. The number of benzene rings is 1. The van der Waals surface area contributed by atoms with Crippen molar-refractivity contribution in [3.8, 4) is 0 Å². The number of nitro groups is 1. The predicted molar refractivity (Wildman–Crippen MR) is 98.8 cm³/mol. The maximum Gasteiger partial charge on any atom is 0.345 e. The van der Waals surface area contributed by atoms with E-state index in [4.69, 9.17) is 0 Å². The van der Waals surface area contributed by atoms with Gasteiger partial charge < -0.3 is 4.90 Å². The number of hydrogen-bond acceptors (Lipinski definition) is 5. The molecule has 144 valence electrons. The second kappa shape index (κ2) is 7.34. The SMILES string of the molecule is CC(C)n1c(C2CCCN(C(=O)c3cccc([N+](=O)[O-])c3)C2)nn(C)c1=O. The highest BCUT2D eigenvalue weighted by Crippen LogP contribution is 2.27. The molecule has 1 aromatic heterocycles. The number of amides is 1. The van der Waals surface area contributed by atoms with Gasteiger partial charge in [0, 0.05) is 49.8 Å². The minimum absolute atomic E-state index is 0.0240. The lowest BCUT2D eigenvalue weighted by Crippen LogP contribution is -2.40. The monoisotopic (exact) mass is 373 g/mol. The summed E-state index contributed by atoms with van der Waals surface area (Å²) in [5.74, 6) is 0.407. The molecule has 27 heavy (non-hydrogen) atoms. The summed E-state index contributed by atoms with van der Waals surface area (Å²) in [7, 11) is 1.62. The summed E-state index contributed by atoms with van der Waals surface area (Å²) in [4.78, 5) is 37.3. The molecule has 0 spiro atoms. The molecule has 1 saturated heterocycles. The summed E-state index contributed by atoms with van der Waals surface area (Å²) in [5, 5.41) is 15.4. The van der Waals surface area contributed by atoms with Crippen molar-refractivity contribution in [3.63, 3.8) is 0 Å². The topological polar surface area (TPSA) is 103 Å². The number of rotatable bonds is 4. The zero-order chi connectivity index (χ0) is 19.7. The van der Waals surface area contributed by atoms with Crippen molar-refractivity contribution in [1.29, 1.82) is 0 Å². The van der Waals surface area contributed by atoms with E-state index in [-0.39, 0.29) is 29.2 Å². The van der Waals surface area contributed by atoms with Gasteiger partial charge >= 0.3 is 5.69 Å². The van der Waals surface area contributed by atoms with Crippen LogP contribution in [0.2, 0.25) is 0 Å². The molecule has 3 rings (SSSR count). The van der Waals surface area contributed by atoms with Gasteiger partial charge in [-0.3, -0.25) is 19.5 Å². The quantitative estimate of drug-likeness (QED) is 0.603. The van der Waals surface area contributed by atoms with E-state index in [1.54, 1.807) is 22.6 Å². The number of aromatic nitrogens is 3. The standard InChI is InChI=1S/C18H23N5O4/c1-12(2)22-16(19-20(3)18(22)25)14-7-5-9-21(11-14)17(24)13-6-4-8-15(10-13)23(26)27/h4,6,8,10,12,14H,5,7,9,11H2,1-3H3. The van der Waals surface area contributed by atoms with Crippen LogP contribution in [0.1, 0.15) is 54.8 Å². The van der Waals surface area contributed by atoms with E-state index >= 15 is 0 Å². The first kappa shape index (κ1) is 18.8. The number of likely N-dealkylation sites (tertiary alicyclic amines) is 1. The van der Waals surface area contributed by atoms with Crippen LogP contribution in [0.5, 0.6) is 0 Å². The lowest BCUT2D eigenvalue weighted by molar-refractivity contribution is -0.384. The second-order valence-electron chi connectivity index (χ2n) is 7.13. The Morgan fingerprint density at radius 3 is 2.78 bits per heavy atom. The zero-order valence-electron chi connectivity index (χ0n) is 15.7. The Balaban J connectivity index is 1.86. The average Bonchev–Trinajstić information content (AvgIpc) is 2.96. The third-order valence-corrected chi connectivity index (χ3v) is 4.88. The summed E-state index contributed by atoms with van der Waals surface area (Å²) in [6, 6.07) is 5.75. The summed E-state index contributed by atoms with van der Waals surface area (Å²) < 4.78 is 3.00. The molecule has 0 saturated carbocycles. The first-order valence-corrected chi connectivity index (χ1v) is 8.98. The molecule has 0 radical (unpaired) electrons. The molecule has 2 aromatic rings. The van der Waals surface area contributed by atoms with Gasteiger partial charge in [-0.15, -0.1) is 0 Å². The predicted octanol–water partition coefficient (Wildman–Crippen LogP) is 2.09. The Morgan fingerprint density at radius 1 is 1.37 bits per heavy atom. The van der Waals surface area contributed by atoms with Gasteiger partial charge in [0.15, 0.2) is 0 Å². The largest absolute Gasteiger partial charge is 0.345 e. The fourth-order valence-electron chi connectivity index (χ4n) is 3.57. The third kappa shape index (κ3) is 3.62. The molecule has 1 atom stereocenters. The summed E-state index contributed by atoms with van der Waals surface area (Å²) >= 11 is 0. The number of non-ortho nitro benzene ring substituents is 1. The minimum Gasteiger partial charge on any atom is -0.338 e. The van der Waals surface area contributed by atoms with Crippen molar-refractivity contribution in [2.75, 3.05) is 13.1 Å². The summed E-state index contributed by atoms with van der Waals surface area (Å²) in [6.45, 7) is 4.88. The molecule has 9 nitrogen and oxygen atoms in total. The van der Waals surface area contributed by atoms with E-state index in [9.17, 15) is 19.7 Å². The number of nitro benzene ring substituents is 1. The van der Waals surface area contributed by atoms with Crippen molar-refractivity contribution in [1.82, 2.24) is 19.2 Å². The number of hydrogen-bond donors (Lipinski definition) is 0. The van der Waals surface area contributed by atoms with Crippen molar-refractivity contribution in [2.24, 2.45) is 7.05 Å². The smallest absolute Gasteiger partial charge is 0.338 e. The van der Waals surface area contributed by atoms with E-state index in [1.165, 1.54) is 22.9 Å². The van der Waals surface area contributed by atoms with Crippen LogP contribution in [0, 0.1) is 10.1 Å². The fourth-order valence-corrected chi connectivity index (χ4v) is 3.57. The van der Waals surface area contributed by atoms with Crippen LogP contribution in [0.25, 0.3) is 0 Å². The van der Waals surface area contributed by atoms with Crippen LogP contribution in [0.15, 0.2) is 29.1 Å². The molecule has 1 aliphatic rings. The lowest BCUT2D eigenvalue weighted by Gasteiger charge is -2.32. The van der Waals surface area contributed by atoms with Crippen molar-refractivity contribution >= 4 is 11.6 Å². The van der Waals surface area contributed by atoms with Crippen molar-refractivity contribution in [3.05, 3.63) is 56.3 Å². The Hall–Kier alpha value is -2.97. The number of piperidine rings is 1. The maximum absolute atomic E-state index is 12.9. The molecule has 0 aliphatic carbocycles. The molecule has 9 heteroatoms. The zero-order valence-corrected chi connectivity index (χ0v) is 15.7. The van der Waals surface area contributed by atoms with Gasteiger partial charge in [-0.05, 0) is 32.8 Å². The van der Waals surface area contributed by atoms with Gasteiger partial charge in [-0.25, -0.2) is 9.48 Å². The van der Waals surface area contributed by atoms with Gasteiger partial charge in [0.05, 0.1) is 4.92 Å². The lowest BCUT2D eigenvalue weighted by atomic mass is 9.96. The Kier molecular flexibility index (Phi) is 5.11. The van der Waals surface area contributed by atoms with E-state index in [2.05, 4.69) is 5.10 Å². The van der Waals surface area contributed by atoms with Crippen LogP contribution < -0.4 is 5.69 Å². The summed E-state index contributed by atoms with van der Waals surface area (Å²) in [6.07, 6.45) is 1.62. The third-order valence-electron chi connectivity index (χ3n) is 4.88. The Labute approximate surface area is 156 Å². The van der Waals surface area contributed by atoms with Gasteiger partial charge in [0.1, 0.15) is 5.82 Å². The fraction of sp³-hybridized carbons (Fsp3) is 0.500. The highest BCUT2D eigenvalue weighted by Gasteiger charge is 2.30. The molecule has 1 unspecified atom stereocenters. The molecular formula is C18H23N5O4. The second-order valence-corrected chi connectivity index (χ2v) is 7.13. The highest BCUT2D eigenvalue weighted by molar-refractivity contribution is 5.95. The van der Waals surface area contributed by atoms with Gasteiger partial charge in [-0.1, -0.05) is 6.07 Å². The van der Waals surface area contributed by atoms with E-state index in [0.29, 0.717) is 24.5 Å². The van der Waals surface area contributed by atoms with Crippen molar-refractivity contribution < 1.29 is 9.72 Å². The number of aryl methyl sites for hydroxylation is 1. The van der Waals surface area contributed by atoms with Crippen LogP contribution in [-0.2, 0) is 7.05 Å². The van der Waals surface area contributed by atoms with Crippen LogP contribution in [0.3, 0.4) is 0 Å². The first-order valence-electron chi connectivity index (χ1n) is 8.98. The highest BCUT2D eigenvalue weighted by atomic mass is 16.6. The minimum atomic E-state index is -0.509. The maximum atomic E-state index is 12.9. The number of carbonyl (C=O) groups excluding carboxylic acids is 1. The molecule has 1 aromatic carbocycles.